The molecule has 242 valence electrons. The molecule has 0 aliphatic carbocycles. The van der Waals surface area contributed by atoms with Gasteiger partial charge in [0.15, 0.2) is 0 Å². The number of nitrogens with zero attached hydrogens (tertiary/aromatic N) is 2. The topological polar surface area (TPSA) is 86.8 Å². The smallest absolute Gasteiger partial charge is 0.264 e. The lowest BCUT2D eigenvalue weighted by atomic mass is 10.0. The number of sulfonamides is 1. The summed E-state index contributed by atoms with van der Waals surface area (Å²) in [7, 11) is -4.31. The maximum Gasteiger partial charge on any atom is 0.264 e. The summed E-state index contributed by atoms with van der Waals surface area (Å²) in [6.45, 7) is 6.85. The standard InChI is InChI=1S/C35H36BrCl2N3O4S/c1-24-10-17-29(18-11-24)46(44,45)41(31-21-28(37)16-19-30(31)38)23-33(42)40(22-26-12-14-27(36)15-13-26)32(34(43)39-35(2,3)4)20-25-8-6-5-7-9-25/h5-19,21,32H,20,22-23H2,1-4H3,(H,39,43). The third kappa shape index (κ3) is 9.35. The van der Waals surface area contributed by atoms with Crippen LogP contribution in [0, 0.1) is 6.92 Å². The number of anilines is 1. The number of benzene rings is 4. The Kier molecular flexibility index (Phi) is 11.6. The molecule has 11 heteroatoms. The third-order valence-corrected chi connectivity index (χ3v) is 9.96. The number of nitrogens with one attached hydrogen (secondary N) is 1. The van der Waals surface area contributed by atoms with Crippen LogP contribution >= 0.6 is 39.1 Å². The van der Waals surface area contributed by atoms with Crippen molar-refractivity contribution in [1.29, 1.82) is 0 Å². The van der Waals surface area contributed by atoms with Gasteiger partial charge in [-0.1, -0.05) is 99.3 Å². The largest absolute Gasteiger partial charge is 0.350 e. The van der Waals surface area contributed by atoms with Gasteiger partial charge in [0.25, 0.3) is 10.0 Å². The number of carbonyl (C=O) groups excluding carboxylic acids is 2. The summed E-state index contributed by atoms with van der Waals surface area (Å²) in [6, 6.07) is 26.6. The summed E-state index contributed by atoms with van der Waals surface area (Å²) in [5.41, 5.74) is 1.93. The first kappa shape index (κ1) is 35.5. The van der Waals surface area contributed by atoms with E-state index in [0.29, 0.717) is 0 Å². The number of aryl methyl sites for hydroxylation is 1. The first-order chi connectivity index (χ1) is 21.6. The molecule has 0 radical (unpaired) electrons. The van der Waals surface area contributed by atoms with Crippen molar-refractivity contribution in [3.63, 3.8) is 0 Å². The van der Waals surface area contributed by atoms with Gasteiger partial charge >= 0.3 is 0 Å². The monoisotopic (exact) mass is 743 g/mol. The Labute approximate surface area is 289 Å². The van der Waals surface area contributed by atoms with Gasteiger partial charge in [-0.2, -0.15) is 0 Å². The van der Waals surface area contributed by atoms with Crippen LogP contribution in [-0.2, 0) is 32.6 Å². The molecule has 0 saturated heterocycles. The molecule has 1 N–H and O–H groups in total. The zero-order valence-electron chi connectivity index (χ0n) is 26.0. The highest BCUT2D eigenvalue weighted by Crippen LogP contribution is 2.33. The van der Waals surface area contributed by atoms with Crippen molar-refractivity contribution in [2.45, 2.75) is 57.1 Å². The first-order valence-electron chi connectivity index (χ1n) is 14.6. The minimum absolute atomic E-state index is 0.0206. The summed E-state index contributed by atoms with van der Waals surface area (Å²) in [5.74, 6) is -0.963. The number of halogens is 3. The number of carbonyl (C=O) groups is 2. The second-order valence-electron chi connectivity index (χ2n) is 12.0. The van der Waals surface area contributed by atoms with Crippen molar-refractivity contribution in [2.75, 3.05) is 10.8 Å². The van der Waals surface area contributed by atoms with E-state index in [-0.39, 0.29) is 39.5 Å². The van der Waals surface area contributed by atoms with Gasteiger partial charge in [-0.3, -0.25) is 13.9 Å². The average Bonchev–Trinajstić information content (AvgIpc) is 2.99. The molecule has 4 aromatic carbocycles. The van der Waals surface area contributed by atoms with Crippen LogP contribution in [0.3, 0.4) is 0 Å². The van der Waals surface area contributed by atoms with E-state index < -0.39 is 34.1 Å². The molecule has 1 atom stereocenters. The van der Waals surface area contributed by atoms with Crippen LogP contribution in [0.1, 0.15) is 37.5 Å². The molecule has 1 unspecified atom stereocenters. The fourth-order valence-corrected chi connectivity index (χ4v) is 6.95. The summed E-state index contributed by atoms with van der Waals surface area (Å²) in [4.78, 5) is 30.0. The van der Waals surface area contributed by atoms with E-state index in [1.165, 1.54) is 29.2 Å². The van der Waals surface area contributed by atoms with Crippen molar-refractivity contribution >= 4 is 66.7 Å². The second kappa shape index (κ2) is 15.0. The van der Waals surface area contributed by atoms with Gasteiger partial charge in [0.05, 0.1) is 15.6 Å². The van der Waals surface area contributed by atoms with Crippen molar-refractivity contribution in [3.8, 4) is 0 Å². The maximum absolute atomic E-state index is 14.6. The molecule has 0 aliphatic rings. The van der Waals surface area contributed by atoms with Gasteiger partial charge < -0.3 is 10.2 Å². The Morgan fingerprint density at radius 2 is 1.50 bits per heavy atom. The van der Waals surface area contributed by atoms with Gasteiger partial charge in [-0.05, 0) is 81.3 Å². The SMILES string of the molecule is Cc1ccc(S(=O)(=O)N(CC(=O)N(Cc2ccc(Br)cc2)C(Cc2ccccc2)C(=O)NC(C)(C)C)c2cc(Cl)ccc2Cl)cc1. The highest BCUT2D eigenvalue weighted by molar-refractivity contribution is 9.10. The average molecular weight is 746 g/mol. The molecule has 4 aromatic rings. The molecule has 7 nitrogen and oxygen atoms in total. The predicted octanol–water partition coefficient (Wildman–Crippen LogP) is 7.81. The fraction of sp³-hybridized carbons (Fsp3) is 0.257. The van der Waals surface area contributed by atoms with Crippen LogP contribution in [-0.4, -0.2) is 43.3 Å². The molecule has 0 fully saturated rings. The predicted molar refractivity (Wildman–Crippen MR) is 189 cm³/mol. The van der Waals surface area contributed by atoms with E-state index >= 15 is 0 Å². The van der Waals surface area contributed by atoms with E-state index in [4.69, 9.17) is 23.2 Å². The van der Waals surface area contributed by atoms with E-state index in [1.807, 2.05) is 82.3 Å². The van der Waals surface area contributed by atoms with Gasteiger partial charge in [-0.25, -0.2) is 8.42 Å². The Bertz CT molecular complexity index is 1780. The molecule has 46 heavy (non-hydrogen) atoms. The fourth-order valence-electron chi connectivity index (χ4n) is 4.82. The summed E-state index contributed by atoms with van der Waals surface area (Å²) in [5, 5.41) is 3.36. The molecule has 0 aromatic heterocycles. The molecular weight excluding hydrogens is 709 g/mol. The van der Waals surface area contributed by atoms with Gasteiger partial charge in [0, 0.05) is 28.0 Å². The Morgan fingerprint density at radius 1 is 0.870 bits per heavy atom. The van der Waals surface area contributed by atoms with Gasteiger partial charge in [0.1, 0.15) is 12.6 Å². The summed E-state index contributed by atoms with van der Waals surface area (Å²) in [6.07, 6.45) is 0.202. The van der Waals surface area contributed by atoms with Gasteiger partial charge in [0.2, 0.25) is 11.8 Å². The van der Waals surface area contributed by atoms with Crippen LogP contribution in [0.2, 0.25) is 10.0 Å². The maximum atomic E-state index is 14.6. The van der Waals surface area contributed by atoms with Crippen molar-refractivity contribution in [3.05, 3.63) is 128 Å². The number of rotatable bonds is 11. The molecule has 0 aliphatic heterocycles. The van der Waals surface area contributed by atoms with Crippen molar-refractivity contribution in [2.24, 2.45) is 0 Å². The van der Waals surface area contributed by atoms with Crippen LogP contribution < -0.4 is 9.62 Å². The number of hydrogen-bond donors (Lipinski definition) is 1. The van der Waals surface area contributed by atoms with Crippen LogP contribution in [0.4, 0.5) is 5.69 Å². The van der Waals surface area contributed by atoms with Crippen LogP contribution in [0.5, 0.6) is 0 Å². The Hall–Kier alpha value is -3.37. The van der Waals surface area contributed by atoms with Crippen LogP contribution in [0.15, 0.2) is 106 Å². The Morgan fingerprint density at radius 3 is 2.11 bits per heavy atom. The molecule has 0 heterocycles. The number of amides is 2. The lowest BCUT2D eigenvalue weighted by Gasteiger charge is -2.35. The highest BCUT2D eigenvalue weighted by Gasteiger charge is 2.36. The zero-order chi connectivity index (χ0) is 33.6. The van der Waals surface area contributed by atoms with E-state index in [2.05, 4.69) is 21.2 Å². The normalized spacial score (nSPS) is 12.3. The molecular formula is C35H36BrCl2N3O4S. The molecule has 0 bridgehead atoms. The summed E-state index contributed by atoms with van der Waals surface area (Å²) < 4.78 is 30.2. The molecule has 2 amide bonds. The quantitative estimate of drug-likeness (QED) is 0.170. The lowest BCUT2D eigenvalue weighted by molar-refractivity contribution is -0.140. The first-order valence-corrected chi connectivity index (χ1v) is 17.6. The highest BCUT2D eigenvalue weighted by atomic mass is 79.9. The van der Waals surface area contributed by atoms with Crippen molar-refractivity contribution < 1.29 is 18.0 Å². The molecule has 4 rings (SSSR count). The van der Waals surface area contributed by atoms with Crippen LogP contribution in [0.25, 0.3) is 0 Å². The molecule has 0 spiro atoms. The minimum Gasteiger partial charge on any atom is -0.350 e. The Balaban J connectivity index is 1.84. The lowest BCUT2D eigenvalue weighted by Crippen LogP contribution is -2.56. The molecule has 0 saturated carbocycles. The minimum atomic E-state index is -4.31. The van der Waals surface area contributed by atoms with Crippen molar-refractivity contribution in [1.82, 2.24) is 10.2 Å². The van der Waals surface area contributed by atoms with E-state index in [1.54, 1.807) is 18.2 Å². The van der Waals surface area contributed by atoms with E-state index in [0.717, 1.165) is 25.5 Å². The zero-order valence-corrected chi connectivity index (χ0v) is 29.9. The van der Waals surface area contributed by atoms with E-state index in [9.17, 15) is 18.0 Å². The second-order valence-corrected chi connectivity index (χ2v) is 15.6. The third-order valence-electron chi connectivity index (χ3n) is 7.10. The summed E-state index contributed by atoms with van der Waals surface area (Å²) >= 11 is 16.3. The van der Waals surface area contributed by atoms with Gasteiger partial charge in [-0.15, -0.1) is 0 Å². The number of hydrogen-bond acceptors (Lipinski definition) is 4.